The first-order chi connectivity index (χ1) is 16.7. The molecule has 0 saturated heterocycles. The fourth-order valence-electron chi connectivity index (χ4n) is 3.24. The van der Waals surface area contributed by atoms with Crippen LogP contribution in [0, 0.1) is 0 Å². The first-order valence-corrected chi connectivity index (χ1v) is 12.5. The van der Waals surface area contributed by atoms with Gasteiger partial charge in [0.05, 0.1) is 12.4 Å². The van der Waals surface area contributed by atoms with Crippen molar-refractivity contribution in [1.29, 1.82) is 0 Å². The molecule has 2 rings (SSSR count). The summed E-state index contributed by atoms with van der Waals surface area (Å²) in [6.07, 6.45) is 5.35. The number of benzene rings is 1. The van der Waals surface area contributed by atoms with Crippen molar-refractivity contribution < 1.29 is 24.3 Å². The number of hydrogen-bond donors (Lipinski definition) is 6. The average molecular weight is 505 g/mol. The monoisotopic (exact) mass is 504 g/mol. The van der Waals surface area contributed by atoms with Gasteiger partial charge < -0.3 is 31.8 Å². The molecule has 0 spiro atoms. The van der Waals surface area contributed by atoms with Crippen LogP contribution in [-0.4, -0.2) is 74.9 Å². The lowest BCUT2D eigenvalue weighted by atomic mass is 10.1. The minimum absolute atomic E-state index is 0.00995. The molecular weight excluding hydrogens is 472 g/mol. The maximum absolute atomic E-state index is 12.9. The summed E-state index contributed by atoms with van der Waals surface area (Å²) in [6, 6.07) is 5.29. The molecule has 4 unspecified atom stereocenters. The molecule has 1 heterocycles. The van der Waals surface area contributed by atoms with Crippen molar-refractivity contribution in [3.05, 3.63) is 54.1 Å². The molecule has 2 aromatic rings. The van der Waals surface area contributed by atoms with E-state index in [4.69, 9.17) is 5.73 Å². The number of nitrogens with zero attached hydrogens (tertiary/aromatic N) is 1. The summed E-state index contributed by atoms with van der Waals surface area (Å²) < 4.78 is 0. The van der Waals surface area contributed by atoms with Crippen LogP contribution in [0.15, 0.2) is 42.9 Å². The molecule has 7 N–H and O–H groups in total. The Morgan fingerprint density at radius 2 is 1.71 bits per heavy atom. The Bertz CT molecular complexity index is 972. The van der Waals surface area contributed by atoms with Crippen LogP contribution in [0.2, 0.25) is 0 Å². The molecule has 4 atom stereocenters. The number of aromatic amines is 1. The van der Waals surface area contributed by atoms with Crippen molar-refractivity contribution in [1.82, 2.24) is 25.9 Å². The molecular formula is C23H32N6O5S. The van der Waals surface area contributed by atoms with Crippen LogP contribution in [0.1, 0.15) is 24.6 Å². The van der Waals surface area contributed by atoms with E-state index in [1.807, 2.05) is 36.6 Å². The molecule has 0 bridgehead atoms. The van der Waals surface area contributed by atoms with Crippen LogP contribution in [-0.2, 0) is 32.0 Å². The Kier molecular flexibility index (Phi) is 11.2. The number of imidazole rings is 1. The fourth-order valence-corrected chi connectivity index (χ4v) is 3.71. The van der Waals surface area contributed by atoms with E-state index < -0.39 is 47.9 Å². The van der Waals surface area contributed by atoms with Crippen LogP contribution < -0.4 is 21.7 Å². The number of aliphatic carboxylic acids is 1. The van der Waals surface area contributed by atoms with Gasteiger partial charge in [0.25, 0.3) is 0 Å². The number of H-pyrrole nitrogens is 1. The van der Waals surface area contributed by atoms with E-state index in [0.717, 1.165) is 5.56 Å². The maximum atomic E-state index is 12.9. The summed E-state index contributed by atoms with van der Waals surface area (Å²) in [6.45, 7) is 1.49. The number of carboxylic acid groups (broad SMARTS) is 1. The van der Waals surface area contributed by atoms with E-state index in [-0.39, 0.29) is 12.8 Å². The molecule has 0 aliphatic rings. The summed E-state index contributed by atoms with van der Waals surface area (Å²) in [5.41, 5.74) is 7.42. The lowest BCUT2D eigenvalue weighted by Gasteiger charge is -2.23. The number of carboxylic acids is 1. The zero-order valence-corrected chi connectivity index (χ0v) is 20.5. The lowest BCUT2D eigenvalue weighted by molar-refractivity contribution is -0.142. The molecule has 0 saturated carbocycles. The number of thioether (sulfide) groups is 1. The van der Waals surface area contributed by atoms with E-state index in [1.165, 1.54) is 31.2 Å². The van der Waals surface area contributed by atoms with Crippen LogP contribution in [0.3, 0.4) is 0 Å². The van der Waals surface area contributed by atoms with Crippen LogP contribution in [0.25, 0.3) is 0 Å². The average Bonchev–Trinajstić information content (AvgIpc) is 3.34. The van der Waals surface area contributed by atoms with Crippen molar-refractivity contribution >= 4 is 35.5 Å². The molecule has 1 aromatic heterocycles. The third kappa shape index (κ3) is 9.41. The number of hydrogen-bond acceptors (Lipinski definition) is 7. The highest BCUT2D eigenvalue weighted by Crippen LogP contribution is 2.06. The Hall–Kier alpha value is -3.38. The van der Waals surface area contributed by atoms with Gasteiger partial charge >= 0.3 is 5.97 Å². The normalized spacial score (nSPS) is 14.3. The van der Waals surface area contributed by atoms with Gasteiger partial charge in [-0.25, -0.2) is 9.78 Å². The second-order valence-electron chi connectivity index (χ2n) is 8.05. The highest BCUT2D eigenvalue weighted by molar-refractivity contribution is 7.98. The van der Waals surface area contributed by atoms with Crippen molar-refractivity contribution in [3.8, 4) is 0 Å². The SMILES string of the molecule is CSCCC(NC(=O)C(C)NC(=O)C(N)Cc1ccccc1)C(=O)NC(Cc1cnc[nH]1)C(=O)O. The summed E-state index contributed by atoms with van der Waals surface area (Å²) in [5.74, 6) is -2.35. The third-order valence-corrected chi connectivity index (χ3v) is 5.87. The van der Waals surface area contributed by atoms with Crippen LogP contribution in [0.4, 0.5) is 0 Å². The number of nitrogens with one attached hydrogen (secondary N) is 4. The second kappa shape index (κ2) is 14.1. The Morgan fingerprint density at radius 3 is 2.31 bits per heavy atom. The molecule has 12 heteroatoms. The van der Waals surface area contributed by atoms with Gasteiger partial charge in [0.15, 0.2) is 0 Å². The summed E-state index contributed by atoms with van der Waals surface area (Å²) in [7, 11) is 0. The summed E-state index contributed by atoms with van der Waals surface area (Å²) in [5, 5.41) is 17.2. The quantitative estimate of drug-likeness (QED) is 0.205. The van der Waals surface area contributed by atoms with E-state index in [2.05, 4.69) is 25.9 Å². The predicted molar refractivity (Wildman–Crippen MR) is 133 cm³/mol. The van der Waals surface area contributed by atoms with E-state index in [1.54, 1.807) is 0 Å². The minimum atomic E-state index is -1.21. The van der Waals surface area contributed by atoms with Gasteiger partial charge in [0, 0.05) is 18.3 Å². The molecule has 0 fully saturated rings. The molecule has 0 radical (unpaired) electrons. The Labute approximate surface area is 208 Å². The zero-order chi connectivity index (χ0) is 25.8. The van der Waals surface area contributed by atoms with Gasteiger partial charge in [0.1, 0.15) is 18.1 Å². The Morgan fingerprint density at radius 1 is 1.03 bits per heavy atom. The maximum Gasteiger partial charge on any atom is 0.326 e. The molecule has 35 heavy (non-hydrogen) atoms. The number of amides is 3. The van der Waals surface area contributed by atoms with Gasteiger partial charge in [-0.05, 0) is 37.3 Å². The molecule has 3 amide bonds. The summed E-state index contributed by atoms with van der Waals surface area (Å²) >= 11 is 1.48. The third-order valence-electron chi connectivity index (χ3n) is 5.22. The van der Waals surface area contributed by atoms with Gasteiger partial charge in [-0.15, -0.1) is 0 Å². The summed E-state index contributed by atoms with van der Waals surface area (Å²) in [4.78, 5) is 56.3. The number of aromatic nitrogens is 2. The molecule has 0 aliphatic carbocycles. The van der Waals surface area contributed by atoms with Crippen molar-refractivity contribution in [2.24, 2.45) is 5.73 Å². The zero-order valence-electron chi connectivity index (χ0n) is 19.7. The highest BCUT2D eigenvalue weighted by Gasteiger charge is 2.29. The minimum Gasteiger partial charge on any atom is -0.480 e. The predicted octanol–water partition coefficient (Wildman–Crippen LogP) is -0.166. The van der Waals surface area contributed by atoms with E-state index >= 15 is 0 Å². The molecule has 11 nitrogen and oxygen atoms in total. The van der Waals surface area contributed by atoms with E-state index in [0.29, 0.717) is 17.9 Å². The first kappa shape index (κ1) is 27.9. The Balaban J connectivity index is 1.96. The number of carbonyl (C=O) groups excluding carboxylic acids is 3. The fraction of sp³-hybridized carbons (Fsp3) is 0.435. The van der Waals surface area contributed by atoms with Gasteiger partial charge in [0.2, 0.25) is 17.7 Å². The van der Waals surface area contributed by atoms with Gasteiger partial charge in [-0.2, -0.15) is 11.8 Å². The molecule has 190 valence electrons. The standard InChI is InChI=1S/C23H32N6O5S/c1-14(27-21(31)17(24)10-15-6-4-3-5-7-15)20(30)28-18(8-9-35-2)22(32)29-19(23(33)34)11-16-12-25-13-26-16/h3-7,12-14,17-19H,8-11,24H2,1-2H3,(H,25,26)(H,27,31)(H,28,30)(H,29,32)(H,33,34). The second-order valence-corrected chi connectivity index (χ2v) is 9.04. The number of nitrogens with two attached hydrogens (primary N) is 1. The topological polar surface area (TPSA) is 179 Å². The van der Waals surface area contributed by atoms with Crippen LogP contribution in [0.5, 0.6) is 0 Å². The smallest absolute Gasteiger partial charge is 0.326 e. The number of carbonyl (C=O) groups is 4. The van der Waals surface area contributed by atoms with Crippen molar-refractivity contribution in [2.45, 2.75) is 50.4 Å². The van der Waals surface area contributed by atoms with E-state index in [9.17, 15) is 24.3 Å². The highest BCUT2D eigenvalue weighted by atomic mass is 32.2. The van der Waals surface area contributed by atoms with Crippen molar-refractivity contribution in [2.75, 3.05) is 12.0 Å². The number of rotatable bonds is 14. The molecule has 1 aromatic carbocycles. The van der Waals surface area contributed by atoms with Crippen molar-refractivity contribution in [3.63, 3.8) is 0 Å². The molecule has 0 aliphatic heterocycles. The van der Waals surface area contributed by atoms with Gasteiger partial charge in [-0.3, -0.25) is 14.4 Å². The van der Waals surface area contributed by atoms with Crippen LogP contribution >= 0.6 is 11.8 Å². The largest absolute Gasteiger partial charge is 0.480 e. The lowest BCUT2D eigenvalue weighted by Crippen LogP contribution is -2.56. The first-order valence-electron chi connectivity index (χ1n) is 11.1. The van der Waals surface area contributed by atoms with Gasteiger partial charge in [-0.1, -0.05) is 30.3 Å².